The van der Waals surface area contributed by atoms with Gasteiger partial charge < -0.3 is 139 Å². The molecule has 0 aromatic heterocycles. The van der Waals surface area contributed by atoms with Crippen LogP contribution in [0.15, 0.2) is 30.0 Å². The van der Waals surface area contributed by atoms with Gasteiger partial charge in [-0.3, -0.25) is 77.9 Å². The molecule has 0 aliphatic carbocycles. The lowest BCUT2D eigenvalue weighted by Gasteiger charge is -2.28. The first-order valence-corrected chi connectivity index (χ1v) is 30.3. The SMILES string of the molecule is NCCCC[C@H](NC(=O)[C@H](N)CCCN=C(N)N)C(=O)N[C@@H](CCC(N)=O)C(=O)N[C@@H](CCCN=C(N)N)C(=O)N[C@H](CCCN=C(N)N)C(=O)N[C@@H](CCC(N)=O)C(=O)N[C@@H](CCCN=C(N)N)C(=O)N[C@@H](CCCN=C(N)N)C(=O)N[C@H](CCCN=C(N)N)C(=O)O. The Balaban J connectivity index is 7.47. The normalized spacial score (nSPS) is 13.6. The molecule has 0 unspecified atom stereocenters. The van der Waals surface area contributed by atoms with Gasteiger partial charge in [-0.2, -0.15) is 0 Å². The van der Waals surface area contributed by atoms with Crippen LogP contribution < -0.4 is 134 Å². The van der Waals surface area contributed by atoms with Gasteiger partial charge in [0.2, 0.25) is 59.1 Å². The largest absolute Gasteiger partial charge is 0.480 e. The fourth-order valence-corrected chi connectivity index (χ4v) is 8.56. The van der Waals surface area contributed by atoms with Gasteiger partial charge in [0.15, 0.2) is 35.8 Å². The van der Waals surface area contributed by atoms with Gasteiger partial charge in [0.1, 0.15) is 48.3 Å². The number of primary amides is 2. The summed E-state index contributed by atoms with van der Waals surface area (Å²) in [6.07, 6.45) is -1.62. The molecule has 94 heavy (non-hydrogen) atoms. The molecule has 532 valence electrons. The number of aliphatic carboxylic acids is 1. The molecule has 0 aliphatic rings. The van der Waals surface area contributed by atoms with E-state index in [2.05, 4.69) is 72.5 Å². The second-order valence-corrected chi connectivity index (χ2v) is 21.4. The van der Waals surface area contributed by atoms with Crippen molar-refractivity contribution in [1.29, 1.82) is 0 Å². The average molecular weight is 1340 g/mol. The monoisotopic (exact) mass is 1340 g/mol. The first-order valence-electron chi connectivity index (χ1n) is 30.3. The molecule has 0 heterocycles. The van der Waals surface area contributed by atoms with Crippen molar-refractivity contribution in [1.82, 2.24) is 42.5 Å². The summed E-state index contributed by atoms with van der Waals surface area (Å²) in [4.78, 5) is 173. The summed E-state index contributed by atoms with van der Waals surface area (Å²) in [5.74, 6) is -12.7. The second kappa shape index (κ2) is 47.6. The molecule has 0 bridgehead atoms. The van der Waals surface area contributed by atoms with Gasteiger partial charge in [-0.25, -0.2) is 4.79 Å². The number of rotatable bonds is 51. The third-order valence-electron chi connectivity index (χ3n) is 13.4. The molecular weight excluding hydrogens is 1240 g/mol. The predicted octanol–water partition coefficient (Wildman–Crippen LogP) is -11.7. The molecule has 10 amide bonds. The highest BCUT2D eigenvalue weighted by Crippen LogP contribution is 2.12. The maximum Gasteiger partial charge on any atom is 0.326 e. The van der Waals surface area contributed by atoms with Crippen LogP contribution in [0.5, 0.6) is 0 Å². The molecule has 0 spiro atoms. The molecule has 41 N–H and O–H groups in total. The first-order chi connectivity index (χ1) is 44.3. The number of nitrogens with two attached hydrogens (primary N) is 16. The maximum atomic E-state index is 14.6. The van der Waals surface area contributed by atoms with Gasteiger partial charge in [0.05, 0.1) is 6.04 Å². The Hall–Kier alpha value is -10.3. The lowest BCUT2D eigenvalue weighted by Crippen LogP contribution is -2.60. The number of hydrogen-bond acceptors (Lipinski definition) is 19. The van der Waals surface area contributed by atoms with Crippen molar-refractivity contribution >= 4 is 101 Å². The number of carboxylic acids is 1. The quantitative estimate of drug-likeness (QED) is 0.0153. The van der Waals surface area contributed by atoms with Crippen LogP contribution in [-0.4, -0.2) is 206 Å². The number of nitrogens with one attached hydrogen (secondary N) is 8. The number of guanidine groups is 6. The molecule has 0 aromatic carbocycles. The van der Waals surface area contributed by atoms with Crippen LogP contribution in [0.2, 0.25) is 0 Å². The highest BCUT2D eigenvalue weighted by Gasteiger charge is 2.35. The molecule has 0 aliphatic heterocycles. The van der Waals surface area contributed by atoms with E-state index in [0.29, 0.717) is 19.3 Å². The van der Waals surface area contributed by atoms with E-state index in [0.717, 1.165) is 0 Å². The van der Waals surface area contributed by atoms with Crippen LogP contribution in [-0.2, 0) is 52.7 Å². The Morgan fingerprint density at radius 1 is 0.277 bits per heavy atom. The van der Waals surface area contributed by atoms with Gasteiger partial charge in [-0.05, 0) is 116 Å². The zero-order valence-corrected chi connectivity index (χ0v) is 52.9. The number of aliphatic imine (C=N–C) groups is 6. The molecule has 9 atom stereocenters. The Kier molecular flexibility index (Phi) is 42.4. The molecule has 42 heteroatoms. The fourth-order valence-electron chi connectivity index (χ4n) is 8.56. The Morgan fingerprint density at radius 2 is 0.479 bits per heavy atom. The van der Waals surface area contributed by atoms with E-state index in [1.807, 2.05) is 0 Å². The third-order valence-corrected chi connectivity index (χ3v) is 13.4. The summed E-state index contributed by atoms with van der Waals surface area (Å²) in [6.45, 7) is 0.128. The average Bonchev–Trinajstić information content (AvgIpc) is 1.56. The zero-order valence-electron chi connectivity index (χ0n) is 52.9. The minimum Gasteiger partial charge on any atom is -0.480 e. The maximum absolute atomic E-state index is 14.6. The molecule has 0 aromatic rings. The van der Waals surface area contributed by atoms with Crippen LogP contribution in [0.25, 0.3) is 0 Å². The van der Waals surface area contributed by atoms with Gasteiger partial charge in [-0.1, -0.05) is 0 Å². The lowest BCUT2D eigenvalue weighted by molar-refractivity contribution is -0.142. The smallest absolute Gasteiger partial charge is 0.326 e. The third kappa shape index (κ3) is 40.5. The van der Waals surface area contributed by atoms with Gasteiger partial charge >= 0.3 is 5.97 Å². The van der Waals surface area contributed by atoms with Crippen molar-refractivity contribution < 1.29 is 57.8 Å². The van der Waals surface area contributed by atoms with Crippen LogP contribution in [0.3, 0.4) is 0 Å². The first kappa shape index (κ1) is 83.7. The summed E-state index contributed by atoms with van der Waals surface area (Å²) in [7, 11) is 0. The van der Waals surface area contributed by atoms with Crippen molar-refractivity contribution in [2.45, 2.75) is 176 Å². The molecule has 0 radical (unpaired) electrons. The van der Waals surface area contributed by atoms with E-state index in [1.54, 1.807) is 0 Å². The van der Waals surface area contributed by atoms with E-state index in [9.17, 15) is 57.8 Å². The number of carboxylic acid groups (broad SMARTS) is 1. The number of carbonyl (C=O) groups excluding carboxylic acids is 10. The molecule has 42 nitrogen and oxygen atoms in total. The predicted molar refractivity (Wildman–Crippen MR) is 350 cm³/mol. The second-order valence-electron chi connectivity index (χ2n) is 21.4. The number of carbonyl (C=O) groups is 11. The molecule has 0 saturated heterocycles. The van der Waals surface area contributed by atoms with Crippen molar-refractivity contribution in [3.8, 4) is 0 Å². The number of unbranched alkanes of at least 4 members (excludes halogenated alkanes) is 1. The van der Waals surface area contributed by atoms with Gasteiger partial charge in [0.25, 0.3) is 0 Å². The standard InChI is InChI=1S/C52H102N30O12/c53-20-2-1-10-28(75-38(85)27(54)9-3-21-69-47(57)58)39(86)80-33(16-18-36(55)83)44(91)78-29(11-4-22-70-48(59)60)40(87)76-31(13-6-24-72-50(63)64)42(89)81-34(17-19-37(56)84)45(92)79-30(12-5-23-71-49(61)62)41(88)77-32(14-7-25-73-51(65)66)43(90)82-35(46(93)94)15-8-26-74-52(67)68/h27-35H,1-26,53-54H2,(H2,55,83)(H2,56,84)(H,75,85)(H,76,87)(H,77,88)(H,78,91)(H,79,92)(H,80,86)(H,81,89)(H,82,90)(H,93,94)(H4,57,58,69)(H4,59,60,70)(H4,61,62,71)(H4,63,64,72)(H4,65,66,73)(H4,67,68,74)/t27-,28+,29+,30+,31-,32+,33+,34+,35-/m1/s1. The molecule has 0 rings (SSSR count). The Bertz CT molecular complexity index is 2630. The summed E-state index contributed by atoms with van der Waals surface area (Å²) in [6, 6.07) is -13.5. The van der Waals surface area contributed by atoms with E-state index in [-0.39, 0.29) is 159 Å². The lowest BCUT2D eigenvalue weighted by atomic mass is 10.0. The van der Waals surface area contributed by atoms with Crippen molar-refractivity contribution in [2.75, 3.05) is 45.8 Å². The van der Waals surface area contributed by atoms with Gasteiger partial charge in [-0.15, -0.1) is 0 Å². The molecule has 0 fully saturated rings. The Morgan fingerprint density at radius 3 is 0.702 bits per heavy atom. The number of hydrogen-bond donors (Lipinski definition) is 25. The minimum absolute atomic E-state index is 0.00149. The van der Waals surface area contributed by atoms with Crippen LogP contribution in [0.4, 0.5) is 0 Å². The summed E-state index contributed by atoms with van der Waals surface area (Å²) in [5, 5.41) is 30.1. The van der Waals surface area contributed by atoms with Crippen molar-refractivity contribution in [2.24, 2.45) is 122 Å². The van der Waals surface area contributed by atoms with Crippen molar-refractivity contribution in [3.05, 3.63) is 0 Å². The molecular formula is C52H102N30O12. The summed E-state index contributed by atoms with van der Waals surface area (Å²) < 4.78 is 0. The van der Waals surface area contributed by atoms with Crippen LogP contribution in [0, 0.1) is 0 Å². The highest BCUT2D eigenvalue weighted by atomic mass is 16.4. The number of amides is 10. The van der Waals surface area contributed by atoms with E-state index in [4.69, 9.17) is 91.7 Å². The number of nitrogens with zero attached hydrogens (tertiary/aromatic N) is 6. The van der Waals surface area contributed by atoms with E-state index >= 15 is 0 Å². The highest BCUT2D eigenvalue weighted by molar-refractivity contribution is 5.98. The Labute approximate surface area is 543 Å². The van der Waals surface area contributed by atoms with Crippen molar-refractivity contribution in [3.63, 3.8) is 0 Å². The zero-order chi connectivity index (χ0) is 71.3. The van der Waals surface area contributed by atoms with Gasteiger partial charge in [0, 0.05) is 52.1 Å². The van der Waals surface area contributed by atoms with Crippen LogP contribution in [0.1, 0.15) is 122 Å². The summed E-state index contributed by atoms with van der Waals surface area (Å²) in [5.41, 5.74) is 88.4. The minimum atomic E-state index is -1.72. The summed E-state index contributed by atoms with van der Waals surface area (Å²) >= 11 is 0. The van der Waals surface area contributed by atoms with E-state index < -0.39 is 145 Å². The van der Waals surface area contributed by atoms with E-state index in [1.165, 1.54) is 0 Å². The molecule has 0 saturated carbocycles. The topological polar surface area (TPSA) is 795 Å². The van der Waals surface area contributed by atoms with Crippen LogP contribution >= 0.6 is 0 Å². The fraction of sp³-hybridized carbons (Fsp3) is 0.673.